The number of nitrogens with zero attached hydrogens (tertiary/aromatic N) is 2. The quantitative estimate of drug-likeness (QED) is 0.874. The van der Waals surface area contributed by atoms with E-state index in [9.17, 15) is 0 Å². The van der Waals surface area contributed by atoms with Crippen LogP contribution < -0.4 is 0 Å². The van der Waals surface area contributed by atoms with E-state index >= 15 is 0 Å². The highest BCUT2D eigenvalue weighted by molar-refractivity contribution is 5.04. The number of aromatic nitrogens is 2. The third kappa shape index (κ3) is 3.38. The van der Waals surface area contributed by atoms with Gasteiger partial charge in [-0.15, -0.1) is 0 Å². The number of likely N-dealkylation sites (tertiary alicyclic amines) is 1. The Bertz CT molecular complexity index is 473. The van der Waals surface area contributed by atoms with Crippen LogP contribution >= 0.6 is 0 Å². The lowest BCUT2D eigenvalue weighted by molar-refractivity contribution is -0.0368. The average Bonchev–Trinajstić information content (AvgIpc) is 3.12. The molecule has 2 heterocycles. The van der Waals surface area contributed by atoms with Gasteiger partial charge in [0.05, 0.1) is 6.10 Å². The van der Waals surface area contributed by atoms with Gasteiger partial charge in [0.2, 0.25) is 0 Å². The normalized spacial score (nSPS) is 29.5. The lowest BCUT2D eigenvalue weighted by Gasteiger charge is -2.43. The van der Waals surface area contributed by atoms with E-state index in [0.717, 1.165) is 18.8 Å². The highest BCUT2D eigenvalue weighted by Gasteiger charge is 2.45. The number of H-pyrrole nitrogens is 1. The van der Waals surface area contributed by atoms with Crippen molar-refractivity contribution in [3.63, 3.8) is 0 Å². The number of methoxy groups -OCH3 is 1. The van der Waals surface area contributed by atoms with E-state index in [0.29, 0.717) is 11.5 Å². The van der Waals surface area contributed by atoms with Crippen LogP contribution in [0.1, 0.15) is 63.4 Å². The molecule has 1 saturated heterocycles. The number of unbranched alkanes of at least 4 members (excludes halogenated alkanes) is 1. The zero-order chi connectivity index (χ0) is 15.4. The number of nitrogens with one attached hydrogen (secondary N) is 1. The molecule has 2 atom stereocenters. The molecular weight excluding hydrogens is 274 g/mol. The van der Waals surface area contributed by atoms with Gasteiger partial charge in [0.15, 0.2) is 0 Å². The second-order valence-electron chi connectivity index (χ2n) is 7.25. The number of aromatic amines is 1. The van der Waals surface area contributed by atoms with Gasteiger partial charge in [0, 0.05) is 43.9 Å². The first-order valence-electron chi connectivity index (χ1n) is 9.03. The zero-order valence-corrected chi connectivity index (χ0v) is 14.2. The molecular formula is C18H31N3O. The number of ether oxygens (including phenoxy) is 1. The van der Waals surface area contributed by atoms with E-state index in [1.165, 1.54) is 63.7 Å². The van der Waals surface area contributed by atoms with E-state index in [2.05, 4.69) is 21.8 Å². The van der Waals surface area contributed by atoms with Gasteiger partial charge in [-0.25, -0.2) is 4.98 Å². The highest BCUT2D eigenvalue weighted by atomic mass is 16.5. The standard InChI is InChI=1S/C18H31N3O/c1-3-4-8-17-19-12-15(20-17)13-21-11-6-10-18(14-21)9-5-7-16(18)22-2/h12,16H,3-11,13-14H2,1-2H3,(H,19,20)/t16-,18+/m1/s1. The van der Waals surface area contributed by atoms with Gasteiger partial charge in [0.25, 0.3) is 0 Å². The lowest BCUT2D eigenvalue weighted by atomic mass is 9.76. The molecule has 4 heteroatoms. The summed E-state index contributed by atoms with van der Waals surface area (Å²) in [7, 11) is 1.89. The second-order valence-corrected chi connectivity index (χ2v) is 7.25. The molecule has 3 rings (SSSR count). The summed E-state index contributed by atoms with van der Waals surface area (Å²) in [6, 6.07) is 0. The van der Waals surface area contributed by atoms with Gasteiger partial charge in [-0.1, -0.05) is 19.8 Å². The molecule has 22 heavy (non-hydrogen) atoms. The van der Waals surface area contributed by atoms with Crippen molar-refractivity contribution in [3.05, 3.63) is 17.7 Å². The van der Waals surface area contributed by atoms with Crippen LogP contribution in [0.3, 0.4) is 0 Å². The fraction of sp³-hybridized carbons (Fsp3) is 0.833. The van der Waals surface area contributed by atoms with E-state index in [-0.39, 0.29) is 0 Å². The summed E-state index contributed by atoms with van der Waals surface area (Å²) in [6.45, 7) is 5.64. The molecule has 0 bridgehead atoms. The zero-order valence-electron chi connectivity index (χ0n) is 14.2. The molecule has 4 nitrogen and oxygen atoms in total. The van der Waals surface area contributed by atoms with Crippen molar-refractivity contribution in [2.45, 2.75) is 70.9 Å². The Balaban J connectivity index is 1.59. The van der Waals surface area contributed by atoms with Gasteiger partial charge in [-0.05, 0) is 38.6 Å². The van der Waals surface area contributed by atoms with Crippen LogP contribution in [-0.2, 0) is 17.7 Å². The molecule has 1 saturated carbocycles. The van der Waals surface area contributed by atoms with Crippen molar-refractivity contribution in [3.8, 4) is 0 Å². The monoisotopic (exact) mass is 305 g/mol. The van der Waals surface area contributed by atoms with Crippen LogP contribution in [-0.4, -0.2) is 41.2 Å². The molecule has 1 aliphatic heterocycles. The summed E-state index contributed by atoms with van der Waals surface area (Å²) in [5.41, 5.74) is 1.69. The molecule has 0 amide bonds. The van der Waals surface area contributed by atoms with Crippen molar-refractivity contribution in [2.24, 2.45) is 5.41 Å². The van der Waals surface area contributed by atoms with E-state index in [1.54, 1.807) is 0 Å². The molecule has 0 radical (unpaired) electrons. The van der Waals surface area contributed by atoms with Crippen molar-refractivity contribution >= 4 is 0 Å². The molecule has 2 fully saturated rings. The maximum absolute atomic E-state index is 5.80. The molecule has 1 aliphatic carbocycles. The molecule has 124 valence electrons. The van der Waals surface area contributed by atoms with Crippen LogP contribution in [0.25, 0.3) is 0 Å². The molecule has 1 spiro atoms. The summed E-state index contributed by atoms with van der Waals surface area (Å²) in [4.78, 5) is 10.7. The summed E-state index contributed by atoms with van der Waals surface area (Å²) in [5.74, 6) is 1.15. The summed E-state index contributed by atoms with van der Waals surface area (Å²) in [5, 5.41) is 0. The molecule has 1 N–H and O–H groups in total. The third-order valence-corrected chi connectivity index (χ3v) is 5.64. The number of piperidine rings is 1. The Labute approximate surface area is 134 Å². The van der Waals surface area contributed by atoms with Crippen LogP contribution in [0.5, 0.6) is 0 Å². The van der Waals surface area contributed by atoms with Crippen molar-refractivity contribution in [2.75, 3.05) is 20.2 Å². The summed E-state index contributed by atoms with van der Waals surface area (Å²) in [6.07, 6.45) is 12.6. The minimum atomic E-state index is 0.415. The number of rotatable bonds is 6. The average molecular weight is 305 g/mol. The van der Waals surface area contributed by atoms with Gasteiger partial charge >= 0.3 is 0 Å². The van der Waals surface area contributed by atoms with Gasteiger partial charge in [0.1, 0.15) is 5.82 Å². The van der Waals surface area contributed by atoms with E-state index < -0.39 is 0 Å². The van der Waals surface area contributed by atoms with E-state index in [4.69, 9.17) is 4.74 Å². The van der Waals surface area contributed by atoms with Crippen LogP contribution in [0.2, 0.25) is 0 Å². The van der Waals surface area contributed by atoms with E-state index in [1.807, 2.05) is 13.3 Å². The van der Waals surface area contributed by atoms with Crippen molar-refractivity contribution < 1.29 is 4.74 Å². The van der Waals surface area contributed by atoms with Crippen LogP contribution in [0.4, 0.5) is 0 Å². The fourth-order valence-corrected chi connectivity index (χ4v) is 4.53. The smallest absolute Gasteiger partial charge is 0.106 e. The first kappa shape index (κ1) is 16.0. The minimum absolute atomic E-state index is 0.415. The molecule has 2 aliphatic rings. The Kier molecular flexibility index (Phi) is 5.19. The summed E-state index contributed by atoms with van der Waals surface area (Å²) >= 11 is 0. The highest BCUT2D eigenvalue weighted by Crippen LogP contribution is 2.46. The Morgan fingerprint density at radius 1 is 1.41 bits per heavy atom. The van der Waals surface area contributed by atoms with Gasteiger partial charge in [-0.3, -0.25) is 4.90 Å². The van der Waals surface area contributed by atoms with Gasteiger partial charge in [-0.2, -0.15) is 0 Å². The minimum Gasteiger partial charge on any atom is -0.381 e. The maximum atomic E-state index is 5.80. The number of aryl methyl sites for hydroxylation is 1. The SMILES string of the molecule is CCCCc1ncc(CN2CCC[C@@]3(CCC[C@H]3OC)C2)[nH]1. The Hall–Kier alpha value is -0.870. The number of imidazole rings is 1. The summed E-state index contributed by atoms with van der Waals surface area (Å²) < 4.78 is 5.80. The molecule has 1 aromatic rings. The Morgan fingerprint density at radius 2 is 2.27 bits per heavy atom. The van der Waals surface area contributed by atoms with Gasteiger partial charge < -0.3 is 9.72 Å². The Morgan fingerprint density at radius 3 is 3.09 bits per heavy atom. The number of hydrogen-bond acceptors (Lipinski definition) is 3. The first-order valence-corrected chi connectivity index (χ1v) is 9.03. The largest absolute Gasteiger partial charge is 0.381 e. The van der Waals surface area contributed by atoms with Crippen molar-refractivity contribution in [1.82, 2.24) is 14.9 Å². The molecule has 1 aromatic heterocycles. The van der Waals surface area contributed by atoms with Crippen LogP contribution in [0.15, 0.2) is 6.20 Å². The maximum Gasteiger partial charge on any atom is 0.106 e. The number of hydrogen-bond donors (Lipinski definition) is 1. The second kappa shape index (κ2) is 7.14. The topological polar surface area (TPSA) is 41.2 Å². The molecule has 0 unspecified atom stereocenters. The predicted molar refractivity (Wildman–Crippen MR) is 88.8 cm³/mol. The lowest BCUT2D eigenvalue weighted by Crippen LogP contribution is -2.47. The van der Waals surface area contributed by atoms with Crippen molar-refractivity contribution in [1.29, 1.82) is 0 Å². The third-order valence-electron chi connectivity index (χ3n) is 5.64. The fourth-order valence-electron chi connectivity index (χ4n) is 4.53. The van der Waals surface area contributed by atoms with Crippen LogP contribution in [0, 0.1) is 5.41 Å². The first-order chi connectivity index (χ1) is 10.8. The predicted octanol–water partition coefficient (Wildman–Crippen LogP) is 3.53. The molecule has 0 aromatic carbocycles.